The molecule has 0 heterocycles. The highest BCUT2D eigenvalue weighted by Gasteiger charge is 2.18. The van der Waals surface area contributed by atoms with Gasteiger partial charge in [0.2, 0.25) is 5.91 Å². The van der Waals surface area contributed by atoms with E-state index in [4.69, 9.17) is 4.84 Å². The topological polar surface area (TPSA) is 84.5 Å². The lowest BCUT2D eigenvalue weighted by Gasteiger charge is -2.20. The Kier molecular flexibility index (Phi) is 6.71. The summed E-state index contributed by atoms with van der Waals surface area (Å²) in [6.07, 6.45) is 0. The lowest BCUT2D eigenvalue weighted by molar-refractivity contribution is -0.127. The van der Waals surface area contributed by atoms with Crippen molar-refractivity contribution < 1.29 is 22.4 Å². The highest BCUT2D eigenvalue weighted by atomic mass is 32.2. The van der Waals surface area contributed by atoms with Gasteiger partial charge in [-0.05, 0) is 35.4 Å². The van der Waals surface area contributed by atoms with Crippen molar-refractivity contribution in [1.29, 1.82) is 0 Å². The molecule has 150 valence electrons. The molecule has 8 heteroatoms. The Hall–Kier alpha value is -3.07. The van der Waals surface area contributed by atoms with E-state index >= 15 is 0 Å². The van der Waals surface area contributed by atoms with Crippen LogP contribution in [0.15, 0.2) is 89.8 Å². The van der Waals surface area contributed by atoms with E-state index in [1.54, 1.807) is 0 Å². The Morgan fingerprint density at radius 3 is 1.90 bits per heavy atom. The number of halogens is 1. The second kappa shape index (κ2) is 9.42. The number of nitrogens with one attached hydrogen (secondary N) is 2. The maximum Gasteiger partial charge on any atom is 0.262 e. The minimum absolute atomic E-state index is 0.175. The van der Waals surface area contributed by atoms with Crippen molar-refractivity contribution >= 4 is 15.9 Å². The predicted molar refractivity (Wildman–Crippen MR) is 106 cm³/mol. The highest BCUT2D eigenvalue weighted by Crippen LogP contribution is 2.21. The predicted octanol–water partition coefficient (Wildman–Crippen LogP) is 2.94. The van der Waals surface area contributed by atoms with E-state index in [0.717, 1.165) is 35.4 Å². The van der Waals surface area contributed by atoms with E-state index in [1.165, 1.54) is 0 Å². The molecule has 3 rings (SSSR count). The summed E-state index contributed by atoms with van der Waals surface area (Å²) in [5.74, 6) is -1.07. The highest BCUT2D eigenvalue weighted by molar-refractivity contribution is 7.89. The Bertz CT molecular complexity index is 1000. The molecule has 0 radical (unpaired) electrons. The van der Waals surface area contributed by atoms with Gasteiger partial charge in [-0.3, -0.25) is 9.63 Å². The van der Waals surface area contributed by atoms with Crippen LogP contribution in [0.4, 0.5) is 4.39 Å². The Labute approximate surface area is 168 Å². The van der Waals surface area contributed by atoms with Crippen molar-refractivity contribution in [3.8, 4) is 0 Å². The zero-order valence-corrected chi connectivity index (χ0v) is 16.1. The number of amides is 1. The molecule has 29 heavy (non-hydrogen) atoms. The summed E-state index contributed by atoms with van der Waals surface area (Å²) in [6.45, 7) is -0.531. The summed E-state index contributed by atoms with van der Waals surface area (Å²) in [5, 5.41) is 2.83. The number of benzene rings is 3. The summed E-state index contributed by atoms with van der Waals surface area (Å²) in [4.78, 5) is 18.9. The Morgan fingerprint density at radius 2 is 1.38 bits per heavy atom. The first kappa shape index (κ1) is 20.7. The largest absolute Gasteiger partial charge is 0.343 e. The zero-order chi connectivity index (χ0) is 20.7. The third-order valence-corrected chi connectivity index (χ3v) is 5.30. The van der Waals surface area contributed by atoms with E-state index in [0.29, 0.717) is 0 Å². The quantitative estimate of drug-likeness (QED) is 0.555. The molecule has 3 aromatic rings. The summed E-state index contributed by atoms with van der Waals surface area (Å²) in [6, 6.07) is 22.6. The summed E-state index contributed by atoms with van der Waals surface area (Å²) >= 11 is 0. The lowest BCUT2D eigenvalue weighted by atomic mass is 9.99. The molecule has 0 fully saturated rings. The van der Waals surface area contributed by atoms with Gasteiger partial charge in [-0.15, -0.1) is 0 Å². The third-order valence-electron chi connectivity index (χ3n) is 4.07. The van der Waals surface area contributed by atoms with Gasteiger partial charge in [0.1, 0.15) is 12.4 Å². The first-order valence-electron chi connectivity index (χ1n) is 8.74. The standard InChI is InChI=1S/C21H19FN2O4S/c22-18-11-13-19(14-12-18)29(26,27)24-28-15-20(25)23-21(16-7-3-1-4-8-16)17-9-5-2-6-10-17/h1-14,21,24H,15H2,(H,23,25). The van der Waals surface area contributed by atoms with E-state index in [2.05, 4.69) is 5.32 Å². The molecular weight excluding hydrogens is 395 g/mol. The van der Waals surface area contributed by atoms with Gasteiger partial charge in [0, 0.05) is 0 Å². The van der Waals surface area contributed by atoms with Crippen LogP contribution in [0.2, 0.25) is 0 Å². The van der Waals surface area contributed by atoms with Gasteiger partial charge in [-0.1, -0.05) is 65.5 Å². The zero-order valence-electron chi connectivity index (χ0n) is 15.3. The van der Waals surface area contributed by atoms with Crippen LogP contribution in [0, 0.1) is 5.82 Å². The first-order chi connectivity index (χ1) is 14.0. The molecule has 6 nitrogen and oxygen atoms in total. The van der Waals surface area contributed by atoms with Crippen molar-refractivity contribution in [3.05, 3.63) is 102 Å². The summed E-state index contributed by atoms with van der Waals surface area (Å²) in [7, 11) is -4.02. The molecule has 3 aromatic carbocycles. The Morgan fingerprint density at radius 1 is 0.862 bits per heavy atom. The van der Waals surface area contributed by atoms with Crippen LogP contribution in [0.1, 0.15) is 17.2 Å². The fourth-order valence-electron chi connectivity index (χ4n) is 2.69. The van der Waals surface area contributed by atoms with Crippen molar-refractivity contribution in [3.63, 3.8) is 0 Å². The van der Waals surface area contributed by atoms with Gasteiger partial charge < -0.3 is 5.32 Å². The van der Waals surface area contributed by atoms with Gasteiger partial charge in [0.25, 0.3) is 10.0 Å². The van der Waals surface area contributed by atoms with Crippen molar-refractivity contribution in [2.45, 2.75) is 10.9 Å². The third kappa shape index (κ3) is 5.71. The van der Waals surface area contributed by atoms with E-state index in [-0.39, 0.29) is 4.90 Å². The van der Waals surface area contributed by atoms with Gasteiger partial charge in [-0.25, -0.2) is 12.8 Å². The molecular formula is C21H19FN2O4S. The molecule has 0 aliphatic rings. The first-order valence-corrected chi connectivity index (χ1v) is 10.2. The molecule has 0 saturated heterocycles. The van der Waals surface area contributed by atoms with Crippen LogP contribution < -0.4 is 10.2 Å². The van der Waals surface area contributed by atoms with Crippen molar-refractivity contribution in [1.82, 2.24) is 10.2 Å². The normalized spacial score (nSPS) is 11.4. The minimum Gasteiger partial charge on any atom is -0.343 e. The van der Waals surface area contributed by atoms with Gasteiger partial charge in [-0.2, -0.15) is 0 Å². The number of sulfonamides is 1. The minimum atomic E-state index is -4.02. The van der Waals surface area contributed by atoms with E-state index in [9.17, 15) is 17.6 Å². The number of hydrogen-bond acceptors (Lipinski definition) is 4. The number of carbonyl (C=O) groups is 1. The van der Waals surface area contributed by atoms with Gasteiger partial charge in [0.15, 0.2) is 0 Å². The van der Waals surface area contributed by atoms with Crippen LogP contribution in [0.3, 0.4) is 0 Å². The molecule has 0 unspecified atom stereocenters. The summed E-state index contributed by atoms with van der Waals surface area (Å²) < 4.78 is 37.1. The molecule has 0 saturated carbocycles. The molecule has 0 aliphatic carbocycles. The maximum atomic E-state index is 12.9. The number of rotatable bonds is 8. The molecule has 0 aromatic heterocycles. The summed E-state index contributed by atoms with van der Waals surface area (Å²) in [5.41, 5.74) is 1.75. The molecule has 0 atom stereocenters. The van der Waals surface area contributed by atoms with Crippen LogP contribution in [0.5, 0.6) is 0 Å². The van der Waals surface area contributed by atoms with Crippen molar-refractivity contribution in [2.24, 2.45) is 0 Å². The molecule has 1 amide bonds. The van der Waals surface area contributed by atoms with Crippen molar-refractivity contribution in [2.75, 3.05) is 6.61 Å². The second-order valence-electron chi connectivity index (χ2n) is 6.15. The average Bonchev–Trinajstić information content (AvgIpc) is 2.73. The number of carbonyl (C=O) groups excluding carboxylic acids is 1. The number of hydrogen-bond donors (Lipinski definition) is 2. The fraction of sp³-hybridized carbons (Fsp3) is 0.0952. The van der Waals surface area contributed by atoms with Crippen LogP contribution >= 0.6 is 0 Å². The van der Waals surface area contributed by atoms with Crippen LogP contribution in [-0.4, -0.2) is 20.9 Å². The molecule has 2 N–H and O–H groups in total. The molecule has 0 spiro atoms. The monoisotopic (exact) mass is 414 g/mol. The second-order valence-corrected chi connectivity index (χ2v) is 7.80. The smallest absolute Gasteiger partial charge is 0.262 e. The van der Waals surface area contributed by atoms with Gasteiger partial charge >= 0.3 is 0 Å². The molecule has 0 aliphatic heterocycles. The van der Waals surface area contributed by atoms with Gasteiger partial charge in [0.05, 0.1) is 10.9 Å². The van der Waals surface area contributed by atoms with Crippen LogP contribution in [-0.2, 0) is 19.7 Å². The maximum absolute atomic E-state index is 12.9. The van der Waals surface area contributed by atoms with E-state index < -0.39 is 34.4 Å². The molecule has 0 bridgehead atoms. The van der Waals surface area contributed by atoms with E-state index in [1.807, 2.05) is 65.5 Å². The SMILES string of the molecule is O=C(CONS(=O)(=O)c1ccc(F)cc1)NC(c1ccccc1)c1ccccc1. The Balaban J connectivity index is 1.63. The van der Waals surface area contributed by atoms with Crippen LogP contribution in [0.25, 0.3) is 0 Å². The lowest BCUT2D eigenvalue weighted by Crippen LogP contribution is -2.35. The fourth-order valence-corrected chi connectivity index (χ4v) is 3.49. The average molecular weight is 414 g/mol.